The highest BCUT2D eigenvalue weighted by molar-refractivity contribution is 5.80. The van der Waals surface area contributed by atoms with E-state index >= 15 is 0 Å². The van der Waals surface area contributed by atoms with Gasteiger partial charge in [0.15, 0.2) is 0 Å². The molecule has 35 heavy (non-hydrogen) atoms. The molecule has 9 heteroatoms. The number of benzene rings is 3. The number of hydrogen-bond donors (Lipinski definition) is 1. The number of furan rings is 1. The lowest BCUT2D eigenvalue weighted by Crippen LogP contribution is -2.03. The van der Waals surface area contributed by atoms with Crippen molar-refractivity contribution < 1.29 is 9.34 Å². The summed E-state index contributed by atoms with van der Waals surface area (Å²) in [5.41, 5.74) is 6.26. The van der Waals surface area contributed by atoms with Crippen LogP contribution in [0, 0.1) is 10.1 Å². The van der Waals surface area contributed by atoms with E-state index in [-0.39, 0.29) is 11.6 Å². The van der Waals surface area contributed by atoms with E-state index in [0.717, 1.165) is 11.1 Å². The summed E-state index contributed by atoms with van der Waals surface area (Å²) in [6, 6.07) is 29.1. The number of nitrogens with zero attached hydrogens (tertiary/aromatic N) is 5. The fourth-order valence-corrected chi connectivity index (χ4v) is 3.52. The van der Waals surface area contributed by atoms with Gasteiger partial charge >= 0.3 is 0 Å². The largest absolute Gasteiger partial charge is 0.455 e. The molecule has 0 fully saturated rings. The second-order valence-corrected chi connectivity index (χ2v) is 7.41. The van der Waals surface area contributed by atoms with Gasteiger partial charge in [0.2, 0.25) is 0 Å². The van der Waals surface area contributed by atoms with Crippen molar-refractivity contribution in [3.05, 3.63) is 113 Å². The van der Waals surface area contributed by atoms with Gasteiger partial charge in [0.25, 0.3) is 11.6 Å². The first-order valence-electron chi connectivity index (χ1n) is 10.7. The van der Waals surface area contributed by atoms with Crippen molar-refractivity contribution in [1.82, 2.24) is 15.2 Å². The second kappa shape index (κ2) is 9.75. The maximum absolute atomic E-state index is 11.3. The smallest absolute Gasteiger partial charge is 0.280 e. The van der Waals surface area contributed by atoms with Crippen LogP contribution in [0.1, 0.15) is 5.76 Å². The van der Waals surface area contributed by atoms with Crippen LogP contribution < -0.4 is 5.43 Å². The molecule has 0 bridgehead atoms. The summed E-state index contributed by atoms with van der Waals surface area (Å²) >= 11 is 0. The van der Waals surface area contributed by atoms with E-state index in [1.165, 1.54) is 12.3 Å². The first-order valence-corrected chi connectivity index (χ1v) is 10.7. The van der Waals surface area contributed by atoms with Crippen LogP contribution >= 0.6 is 0 Å². The summed E-state index contributed by atoms with van der Waals surface area (Å²) in [7, 11) is 0. The molecule has 0 aliphatic heterocycles. The zero-order valence-electron chi connectivity index (χ0n) is 18.3. The van der Waals surface area contributed by atoms with Gasteiger partial charge in [-0.05, 0) is 18.2 Å². The van der Waals surface area contributed by atoms with Gasteiger partial charge in [0.1, 0.15) is 22.9 Å². The van der Waals surface area contributed by atoms with Gasteiger partial charge in [0, 0.05) is 17.2 Å². The highest BCUT2D eigenvalue weighted by Gasteiger charge is 2.17. The van der Waals surface area contributed by atoms with E-state index in [2.05, 4.69) is 25.7 Å². The lowest BCUT2D eigenvalue weighted by molar-refractivity contribution is -0.384. The number of rotatable bonds is 7. The van der Waals surface area contributed by atoms with Crippen LogP contribution in [0.4, 0.5) is 11.6 Å². The third kappa shape index (κ3) is 4.79. The first-order chi connectivity index (χ1) is 17.2. The predicted molar refractivity (Wildman–Crippen MR) is 133 cm³/mol. The topological polar surface area (TPSA) is 119 Å². The van der Waals surface area contributed by atoms with Crippen LogP contribution in [-0.2, 0) is 0 Å². The number of hydrazone groups is 1. The predicted octanol–water partition coefficient (Wildman–Crippen LogP) is 5.82. The molecule has 170 valence electrons. The standard InChI is InChI=1S/C26H18N6O3/c33-32(34)22-14-8-7-13-21(22)23-16-15-20(35-23)17-27-30-26-28-24(18-9-3-1-4-10-18)25(29-31-26)19-11-5-2-6-12-19/h1-17H,(H,28,30,31). The Labute approximate surface area is 200 Å². The van der Waals surface area contributed by atoms with Crippen LogP contribution in [0.25, 0.3) is 33.8 Å². The molecule has 0 saturated carbocycles. The molecule has 0 unspecified atom stereocenters. The highest BCUT2D eigenvalue weighted by atomic mass is 16.6. The molecule has 9 nitrogen and oxygen atoms in total. The van der Waals surface area contributed by atoms with E-state index in [1.54, 1.807) is 30.3 Å². The van der Waals surface area contributed by atoms with E-state index < -0.39 is 4.92 Å². The molecule has 1 N–H and O–H groups in total. The first kappa shape index (κ1) is 21.7. The fraction of sp³-hybridized carbons (Fsp3) is 0. The molecule has 2 aromatic heterocycles. The van der Waals surface area contributed by atoms with Gasteiger partial charge in [-0.1, -0.05) is 72.8 Å². The molecule has 0 radical (unpaired) electrons. The summed E-state index contributed by atoms with van der Waals surface area (Å²) in [6.45, 7) is 0. The zero-order valence-corrected chi connectivity index (χ0v) is 18.3. The van der Waals surface area contributed by atoms with Crippen molar-refractivity contribution in [2.45, 2.75) is 0 Å². The lowest BCUT2D eigenvalue weighted by atomic mass is 10.0. The molecule has 0 aliphatic carbocycles. The number of nitro groups is 1. The maximum Gasteiger partial charge on any atom is 0.280 e. The number of anilines is 1. The van der Waals surface area contributed by atoms with Crippen LogP contribution in [0.3, 0.4) is 0 Å². The third-order valence-corrected chi connectivity index (χ3v) is 5.13. The molecule has 5 rings (SSSR count). The maximum atomic E-state index is 11.3. The van der Waals surface area contributed by atoms with Crippen molar-refractivity contribution in [2.24, 2.45) is 5.10 Å². The SMILES string of the molecule is O=[N+]([O-])c1ccccc1-c1ccc(C=NNc2nnc(-c3ccccc3)c(-c3ccccc3)n2)o1. The van der Waals surface area contributed by atoms with Crippen molar-refractivity contribution in [1.29, 1.82) is 0 Å². The number of para-hydroxylation sites is 1. The molecule has 3 aromatic carbocycles. The Morgan fingerprint density at radius 1 is 0.800 bits per heavy atom. The Hall–Kier alpha value is -5.18. The van der Waals surface area contributed by atoms with Crippen molar-refractivity contribution in [3.63, 3.8) is 0 Å². The quantitative estimate of drug-likeness (QED) is 0.184. The number of hydrogen-bond acceptors (Lipinski definition) is 8. The Kier molecular flexibility index (Phi) is 6.03. The number of nitrogens with one attached hydrogen (secondary N) is 1. The average Bonchev–Trinajstić information content (AvgIpc) is 3.38. The van der Waals surface area contributed by atoms with Crippen molar-refractivity contribution in [3.8, 4) is 33.8 Å². The van der Waals surface area contributed by atoms with E-state index in [9.17, 15) is 10.1 Å². The Morgan fingerprint density at radius 3 is 2.17 bits per heavy atom. The molecule has 5 aromatic rings. The third-order valence-electron chi connectivity index (χ3n) is 5.13. The summed E-state index contributed by atoms with van der Waals surface area (Å²) < 4.78 is 5.72. The molecule has 0 amide bonds. The van der Waals surface area contributed by atoms with Gasteiger partial charge < -0.3 is 4.42 Å². The monoisotopic (exact) mass is 462 g/mol. The van der Waals surface area contributed by atoms with Gasteiger partial charge in [-0.3, -0.25) is 10.1 Å². The van der Waals surface area contributed by atoms with Gasteiger partial charge in [0.05, 0.1) is 16.7 Å². The van der Waals surface area contributed by atoms with Gasteiger partial charge in [-0.15, -0.1) is 10.2 Å². The van der Waals surface area contributed by atoms with E-state index in [1.807, 2.05) is 60.7 Å². The van der Waals surface area contributed by atoms with Crippen LogP contribution in [0.15, 0.2) is 107 Å². The second-order valence-electron chi connectivity index (χ2n) is 7.41. The van der Waals surface area contributed by atoms with Gasteiger partial charge in [-0.25, -0.2) is 10.4 Å². The van der Waals surface area contributed by atoms with Crippen LogP contribution in [0.5, 0.6) is 0 Å². The Balaban J connectivity index is 1.39. The minimum Gasteiger partial charge on any atom is -0.455 e. The average molecular weight is 462 g/mol. The zero-order chi connectivity index (χ0) is 24.0. The number of aromatic nitrogens is 3. The molecular weight excluding hydrogens is 444 g/mol. The van der Waals surface area contributed by atoms with Gasteiger partial charge in [-0.2, -0.15) is 5.10 Å². The Morgan fingerprint density at radius 2 is 1.46 bits per heavy atom. The summed E-state index contributed by atoms with van der Waals surface area (Å²) in [4.78, 5) is 15.5. The van der Waals surface area contributed by atoms with Crippen LogP contribution in [0.2, 0.25) is 0 Å². The summed E-state index contributed by atoms with van der Waals surface area (Å²) in [5, 5.41) is 24.0. The molecule has 0 spiro atoms. The fourth-order valence-electron chi connectivity index (χ4n) is 3.52. The van der Waals surface area contributed by atoms with Crippen molar-refractivity contribution in [2.75, 3.05) is 5.43 Å². The molecule has 0 saturated heterocycles. The highest BCUT2D eigenvalue weighted by Crippen LogP contribution is 2.31. The summed E-state index contributed by atoms with van der Waals surface area (Å²) in [6.07, 6.45) is 1.44. The Bertz CT molecular complexity index is 1500. The molecule has 0 atom stereocenters. The lowest BCUT2D eigenvalue weighted by Gasteiger charge is -2.09. The van der Waals surface area contributed by atoms with E-state index in [4.69, 9.17) is 4.42 Å². The van der Waals surface area contributed by atoms with Crippen molar-refractivity contribution >= 4 is 17.9 Å². The summed E-state index contributed by atoms with van der Waals surface area (Å²) in [5.74, 6) is 0.989. The van der Waals surface area contributed by atoms with E-state index in [0.29, 0.717) is 28.5 Å². The molecular formula is C26H18N6O3. The minimum absolute atomic E-state index is 0.0325. The molecule has 0 aliphatic rings. The minimum atomic E-state index is -0.444. The van der Waals surface area contributed by atoms with Crippen LogP contribution in [-0.4, -0.2) is 26.3 Å². The normalized spacial score (nSPS) is 11.0. The molecule has 2 heterocycles. The number of nitro benzene ring substituents is 1.